The minimum absolute atomic E-state index is 0.119. The molecule has 0 aromatic rings. The molecule has 0 amide bonds. The van der Waals surface area contributed by atoms with Crippen LogP contribution in [0.3, 0.4) is 0 Å². The van der Waals surface area contributed by atoms with Crippen LogP contribution in [0.15, 0.2) is 0 Å². The Labute approximate surface area is 55.2 Å². The molecule has 1 aliphatic heterocycles. The first-order chi connectivity index (χ1) is 4.22. The molecule has 2 nitrogen and oxygen atoms in total. The van der Waals surface area contributed by atoms with E-state index in [1.165, 1.54) is 0 Å². The fraction of sp³-hybridized carbons (Fsp3) is 0.857. The zero-order valence-corrected chi connectivity index (χ0v) is 5.89. The summed E-state index contributed by atoms with van der Waals surface area (Å²) >= 11 is 0. The summed E-state index contributed by atoms with van der Waals surface area (Å²) in [7, 11) is 0. The molecular formula is C7H12O2. The molecule has 1 saturated heterocycles. The lowest BCUT2D eigenvalue weighted by Gasteiger charge is -2.22. The van der Waals surface area contributed by atoms with Crippen LogP contribution in [0, 0.1) is 11.8 Å². The third kappa shape index (κ3) is 1.30. The molecular weight excluding hydrogens is 116 g/mol. The summed E-state index contributed by atoms with van der Waals surface area (Å²) in [5.74, 6) is 0.587. The third-order valence-electron chi connectivity index (χ3n) is 1.71. The number of carbonyl (C=O) groups excluding carboxylic acids is 1. The quantitative estimate of drug-likeness (QED) is 0.483. The fourth-order valence-corrected chi connectivity index (χ4v) is 1.07. The second-order valence-corrected chi connectivity index (χ2v) is 2.74. The summed E-state index contributed by atoms with van der Waals surface area (Å²) in [6, 6.07) is 0. The molecule has 1 heterocycles. The predicted molar refractivity (Wildman–Crippen MR) is 34.2 cm³/mol. The maximum atomic E-state index is 11.0. The highest BCUT2D eigenvalue weighted by molar-refractivity contribution is 5.83. The molecule has 0 spiro atoms. The predicted octanol–water partition coefficient (Wildman–Crippen LogP) is 0.858. The number of rotatable bonds is 0. The monoisotopic (exact) mass is 128 g/mol. The van der Waals surface area contributed by atoms with Gasteiger partial charge in [0.25, 0.3) is 0 Å². The Hall–Kier alpha value is -0.370. The molecule has 52 valence electrons. The molecule has 0 aromatic heterocycles. The molecule has 0 N–H and O–H groups in total. The number of hydrogen-bond acceptors (Lipinski definition) is 2. The van der Waals surface area contributed by atoms with Crippen molar-refractivity contribution in [1.82, 2.24) is 0 Å². The smallest absolute Gasteiger partial charge is 0.143 e. The minimum atomic E-state index is 0.119. The van der Waals surface area contributed by atoms with Gasteiger partial charge in [-0.1, -0.05) is 13.8 Å². The Morgan fingerprint density at radius 1 is 1.33 bits per heavy atom. The van der Waals surface area contributed by atoms with Crippen molar-refractivity contribution in [1.29, 1.82) is 0 Å². The van der Waals surface area contributed by atoms with Gasteiger partial charge in [0.15, 0.2) is 0 Å². The van der Waals surface area contributed by atoms with Gasteiger partial charge in [0.05, 0.1) is 13.2 Å². The zero-order valence-electron chi connectivity index (χ0n) is 5.89. The van der Waals surface area contributed by atoms with Gasteiger partial charge in [-0.15, -0.1) is 0 Å². The summed E-state index contributed by atoms with van der Waals surface area (Å²) in [6.45, 7) is 5.06. The number of hydrogen-bond donors (Lipinski definition) is 0. The molecule has 2 heteroatoms. The Kier molecular flexibility index (Phi) is 1.86. The van der Waals surface area contributed by atoms with E-state index in [9.17, 15) is 4.79 Å². The van der Waals surface area contributed by atoms with Crippen molar-refractivity contribution < 1.29 is 9.53 Å². The minimum Gasteiger partial charge on any atom is -0.380 e. The molecule has 0 bridgehead atoms. The van der Waals surface area contributed by atoms with Crippen molar-refractivity contribution in [2.45, 2.75) is 13.8 Å². The van der Waals surface area contributed by atoms with Crippen molar-refractivity contribution in [3.05, 3.63) is 0 Å². The van der Waals surface area contributed by atoms with E-state index in [-0.39, 0.29) is 11.8 Å². The lowest BCUT2D eigenvalue weighted by atomic mass is 9.95. The Morgan fingerprint density at radius 2 is 1.78 bits per heavy atom. The average molecular weight is 128 g/mol. The highest BCUT2D eigenvalue weighted by atomic mass is 16.5. The van der Waals surface area contributed by atoms with E-state index in [0.717, 1.165) is 0 Å². The van der Waals surface area contributed by atoms with Gasteiger partial charge in [-0.3, -0.25) is 4.79 Å². The summed E-state index contributed by atoms with van der Waals surface area (Å²) in [4.78, 5) is 11.0. The van der Waals surface area contributed by atoms with E-state index in [1.54, 1.807) is 0 Å². The molecule has 0 unspecified atom stereocenters. The Bertz CT molecular complexity index is 108. The SMILES string of the molecule is C[C@H]1COC[C@H](C)C1=O. The maximum absolute atomic E-state index is 11.0. The lowest BCUT2D eigenvalue weighted by Crippen LogP contribution is -2.32. The van der Waals surface area contributed by atoms with Crippen LogP contribution in [0.4, 0.5) is 0 Å². The molecule has 2 atom stereocenters. The molecule has 0 saturated carbocycles. The Balaban J connectivity index is 2.52. The van der Waals surface area contributed by atoms with Gasteiger partial charge in [0, 0.05) is 11.8 Å². The van der Waals surface area contributed by atoms with Crippen molar-refractivity contribution in [2.24, 2.45) is 11.8 Å². The number of Topliss-reactive ketones (excluding diaryl/α,β-unsaturated/α-hetero) is 1. The number of ketones is 1. The van der Waals surface area contributed by atoms with Crippen molar-refractivity contribution in [2.75, 3.05) is 13.2 Å². The first-order valence-electron chi connectivity index (χ1n) is 3.33. The van der Waals surface area contributed by atoms with Crippen LogP contribution in [0.1, 0.15) is 13.8 Å². The molecule has 0 aromatic carbocycles. The maximum Gasteiger partial charge on any atom is 0.143 e. The van der Waals surface area contributed by atoms with Crippen LogP contribution < -0.4 is 0 Å². The highest BCUT2D eigenvalue weighted by Crippen LogP contribution is 2.13. The van der Waals surface area contributed by atoms with E-state index in [1.807, 2.05) is 13.8 Å². The largest absolute Gasteiger partial charge is 0.380 e. The average Bonchev–Trinajstić information content (AvgIpc) is 1.83. The van der Waals surface area contributed by atoms with Crippen LogP contribution in [0.5, 0.6) is 0 Å². The Morgan fingerprint density at radius 3 is 2.11 bits per heavy atom. The van der Waals surface area contributed by atoms with E-state index >= 15 is 0 Å². The van der Waals surface area contributed by atoms with Crippen LogP contribution in [0.25, 0.3) is 0 Å². The van der Waals surface area contributed by atoms with Gasteiger partial charge in [0.2, 0.25) is 0 Å². The first kappa shape index (κ1) is 6.75. The molecule has 1 aliphatic rings. The van der Waals surface area contributed by atoms with Gasteiger partial charge in [-0.2, -0.15) is 0 Å². The molecule has 1 fully saturated rings. The summed E-state index contributed by atoms with van der Waals surface area (Å²) in [5, 5.41) is 0. The summed E-state index contributed by atoms with van der Waals surface area (Å²) in [6.07, 6.45) is 0. The third-order valence-corrected chi connectivity index (χ3v) is 1.71. The van der Waals surface area contributed by atoms with E-state index in [0.29, 0.717) is 19.0 Å². The summed E-state index contributed by atoms with van der Waals surface area (Å²) in [5.41, 5.74) is 0. The van der Waals surface area contributed by atoms with Crippen molar-refractivity contribution in [3.8, 4) is 0 Å². The zero-order chi connectivity index (χ0) is 6.85. The van der Waals surface area contributed by atoms with Crippen LogP contribution in [-0.2, 0) is 9.53 Å². The van der Waals surface area contributed by atoms with Gasteiger partial charge in [0.1, 0.15) is 5.78 Å². The highest BCUT2D eigenvalue weighted by Gasteiger charge is 2.24. The van der Waals surface area contributed by atoms with E-state index in [4.69, 9.17) is 4.74 Å². The van der Waals surface area contributed by atoms with Gasteiger partial charge in [-0.25, -0.2) is 0 Å². The summed E-state index contributed by atoms with van der Waals surface area (Å²) < 4.78 is 5.14. The second kappa shape index (κ2) is 2.48. The number of ether oxygens (including phenoxy) is 1. The standard InChI is InChI=1S/C7H12O2/c1-5-3-9-4-6(2)7(5)8/h5-6H,3-4H2,1-2H3/t5-,6-/m0/s1. The molecule has 9 heavy (non-hydrogen) atoms. The lowest BCUT2D eigenvalue weighted by molar-refractivity contribution is -0.135. The van der Waals surface area contributed by atoms with Crippen LogP contribution in [-0.4, -0.2) is 19.0 Å². The van der Waals surface area contributed by atoms with Gasteiger partial charge < -0.3 is 4.74 Å². The van der Waals surface area contributed by atoms with Crippen molar-refractivity contribution >= 4 is 5.78 Å². The number of carbonyl (C=O) groups is 1. The fourth-order valence-electron chi connectivity index (χ4n) is 1.07. The molecule has 0 radical (unpaired) electrons. The van der Waals surface area contributed by atoms with E-state index < -0.39 is 0 Å². The first-order valence-corrected chi connectivity index (χ1v) is 3.33. The molecule has 0 aliphatic carbocycles. The normalized spacial score (nSPS) is 36.9. The second-order valence-electron chi connectivity index (χ2n) is 2.74. The van der Waals surface area contributed by atoms with Crippen LogP contribution in [0.2, 0.25) is 0 Å². The van der Waals surface area contributed by atoms with E-state index in [2.05, 4.69) is 0 Å². The topological polar surface area (TPSA) is 26.3 Å². The van der Waals surface area contributed by atoms with Gasteiger partial charge in [-0.05, 0) is 0 Å². The van der Waals surface area contributed by atoms with Crippen molar-refractivity contribution in [3.63, 3.8) is 0 Å². The van der Waals surface area contributed by atoms with Gasteiger partial charge >= 0.3 is 0 Å². The van der Waals surface area contributed by atoms with Crippen LogP contribution >= 0.6 is 0 Å². The molecule has 1 rings (SSSR count).